The van der Waals surface area contributed by atoms with Gasteiger partial charge in [0.25, 0.3) is 5.91 Å². The summed E-state index contributed by atoms with van der Waals surface area (Å²) >= 11 is 6.21. The first-order valence-electron chi connectivity index (χ1n) is 9.65. The van der Waals surface area contributed by atoms with Crippen molar-refractivity contribution in [1.82, 2.24) is 25.0 Å². The van der Waals surface area contributed by atoms with Gasteiger partial charge in [0, 0.05) is 18.8 Å². The molecule has 3 heterocycles. The van der Waals surface area contributed by atoms with Crippen LogP contribution in [0.1, 0.15) is 48.1 Å². The van der Waals surface area contributed by atoms with Gasteiger partial charge in [0.05, 0.1) is 10.7 Å². The molecule has 3 rings (SSSR count). The fraction of sp³-hybridized carbons (Fsp3) is 0.550. The summed E-state index contributed by atoms with van der Waals surface area (Å²) in [5.41, 5.74) is 2.11. The van der Waals surface area contributed by atoms with E-state index in [1.54, 1.807) is 16.8 Å². The van der Waals surface area contributed by atoms with Gasteiger partial charge in [-0.25, -0.2) is 9.67 Å². The standard InChI is InChI=1S/C20H28ClN5O/c1-14-6-4-10-25(13-14)11-5-9-22-20(27)19-17(21)7-8-18(23-19)26-16(3)12-15(2)24-26/h7-8,12,14H,4-6,9-11,13H2,1-3H3,(H,22,27). The summed E-state index contributed by atoms with van der Waals surface area (Å²) in [4.78, 5) is 19.5. The van der Waals surface area contributed by atoms with Crippen LogP contribution in [0.4, 0.5) is 0 Å². The highest BCUT2D eigenvalue weighted by Crippen LogP contribution is 2.18. The van der Waals surface area contributed by atoms with Crippen molar-refractivity contribution >= 4 is 17.5 Å². The zero-order chi connectivity index (χ0) is 19.4. The van der Waals surface area contributed by atoms with Gasteiger partial charge in [-0.1, -0.05) is 18.5 Å². The molecule has 1 amide bonds. The Morgan fingerprint density at radius 3 is 2.89 bits per heavy atom. The molecule has 0 aliphatic carbocycles. The number of amides is 1. The van der Waals surface area contributed by atoms with Crippen molar-refractivity contribution in [2.45, 2.75) is 40.0 Å². The van der Waals surface area contributed by atoms with Crippen molar-refractivity contribution in [2.24, 2.45) is 5.92 Å². The Morgan fingerprint density at radius 1 is 1.37 bits per heavy atom. The Hall–Kier alpha value is -1.92. The molecule has 0 spiro atoms. The number of nitrogens with zero attached hydrogens (tertiary/aromatic N) is 4. The van der Waals surface area contributed by atoms with Crippen molar-refractivity contribution in [3.63, 3.8) is 0 Å². The van der Waals surface area contributed by atoms with Gasteiger partial charge in [0.1, 0.15) is 5.69 Å². The van der Waals surface area contributed by atoms with Crippen LogP contribution in [-0.4, -0.2) is 51.8 Å². The summed E-state index contributed by atoms with van der Waals surface area (Å²) < 4.78 is 1.72. The van der Waals surface area contributed by atoms with Crippen LogP contribution in [0.2, 0.25) is 5.02 Å². The monoisotopic (exact) mass is 389 g/mol. The van der Waals surface area contributed by atoms with Gasteiger partial charge >= 0.3 is 0 Å². The molecule has 0 radical (unpaired) electrons. The number of hydrogen-bond donors (Lipinski definition) is 1. The van der Waals surface area contributed by atoms with Crippen molar-refractivity contribution < 1.29 is 4.79 Å². The van der Waals surface area contributed by atoms with E-state index >= 15 is 0 Å². The summed E-state index contributed by atoms with van der Waals surface area (Å²) in [5.74, 6) is 1.13. The minimum atomic E-state index is -0.240. The van der Waals surface area contributed by atoms with Gasteiger partial charge in [-0.2, -0.15) is 5.10 Å². The highest BCUT2D eigenvalue weighted by atomic mass is 35.5. The quantitative estimate of drug-likeness (QED) is 0.769. The molecule has 1 unspecified atom stereocenters. The molecule has 1 saturated heterocycles. The summed E-state index contributed by atoms with van der Waals surface area (Å²) in [6.45, 7) is 10.1. The number of piperidine rings is 1. The molecule has 1 atom stereocenters. The summed E-state index contributed by atoms with van der Waals surface area (Å²) in [7, 11) is 0. The van der Waals surface area contributed by atoms with E-state index in [9.17, 15) is 4.79 Å². The molecule has 146 valence electrons. The fourth-order valence-electron chi connectivity index (χ4n) is 3.65. The first kappa shape index (κ1) is 19.8. The lowest BCUT2D eigenvalue weighted by Gasteiger charge is -2.30. The highest BCUT2D eigenvalue weighted by molar-refractivity contribution is 6.33. The lowest BCUT2D eigenvalue weighted by molar-refractivity contribution is 0.0945. The Morgan fingerprint density at radius 2 is 2.19 bits per heavy atom. The third-order valence-electron chi connectivity index (χ3n) is 4.95. The van der Waals surface area contributed by atoms with Crippen LogP contribution in [0.25, 0.3) is 5.82 Å². The molecule has 1 aliphatic rings. The minimum absolute atomic E-state index is 0.240. The smallest absolute Gasteiger partial charge is 0.271 e. The first-order chi connectivity index (χ1) is 12.9. The SMILES string of the molecule is Cc1cc(C)n(-c2ccc(Cl)c(C(=O)NCCCN3CCCC(C)C3)n2)n1. The topological polar surface area (TPSA) is 63.1 Å². The van der Waals surface area contributed by atoms with Gasteiger partial charge in [0.2, 0.25) is 0 Å². The summed E-state index contributed by atoms with van der Waals surface area (Å²) in [5, 5.41) is 7.71. The normalized spacial score (nSPS) is 17.9. The maximum atomic E-state index is 12.5. The highest BCUT2D eigenvalue weighted by Gasteiger charge is 2.17. The third kappa shape index (κ3) is 5.08. The molecule has 2 aromatic rings. The number of aromatic nitrogens is 3. The molecule has 1 N–H and O–H groups in total. The number of pyridine rings is 1. The van der Waals surface area contributed by atoms with Gasteiger partial charge in [-0.05, 0) is 70.3 Å². The number of aryl methyl sites for hydroxylation is 2. The van der Waals surface area contributed by atoms with E-state index in [1.807, 2.05) is 19.9 Å². The van der Waals surface area contributed by atoms with Crippen LogP contribution in [0, 0.1) is 19.8 Å². The second-order valence-electron chi connectivity index (χ2n) is 7.50. The van der Waals surface area contributed by atoms with E-state index in [0.717, 1.165) is 43.4 Å². The lowest BCUT2D eigenvalue weighted by atomic mass is 10.0. The van der Waals surface area contributed by atoms with Crippen molar-refractivity contribution in [2.75, 3.05) is 26.2 Å². The number of hydrogen-bond acceptors (Lipinski definition) is 4. The minimum Gasteiger partial charge on any atom is -0.351 e. The van der Waals surface area contributed by atoms with Crippen molar-refractivity contribution in [1.29, 1.82) is 0 Å². The largest absolute Gasteiger partial charge is 0.351 e. The fourth-order valence-corrected chi connectivity index (χ4v) is 3.84. The molecule has 27 heavy (non-hydrogen) atoms. The zero-order valence-corrected chi connectivity index (χ0v) is 17.1. The Kier molecular flexibility index (Phi) is 6.50. The molecule has 2 aromatic heterocycles. The van der Waals surface area contributed by atoms with Gasteiger partial charge in [-0.3, -0.25) is 4.79 Å². The Balaban J connectivity index is 1.58. The van der Waals surface area contributed by atoms with Gasteiger partial charge in [-0.15, -0.1) is 0 Å². The molecule has 0 saturated carbocycles. The van der Waals surface area contributed by atoms with Crippen molar-refractivity contribution in [3.8, 4) is 5.82 Å². The van der Waals surface area contributed by atoms with Crippen LogP contribution in [0.15, 0.2) is 18.2 Å². The molecule has 0 aromatic carbocycles. The number of nitrogens with one attached hydrogen (secondary N) is 1. The van der Waals surface area contributed by atoms with Crippen LogP contribution >= 0.6 is 11.6 Å². The molecular weight excluding hydrogens is 362 g/mol. The van der Waals surface area contributed by atoms with E-state index in [4.69, 9.17) is 11.6 Å². The number of likely N-dealkylation sites (tertiary alicyclic amines) is 1. The average molecular weight is 390 g/mol. The van der Waals surface area contributed by atoms with Crippen molar-refractivity contribution in [3.05, 3.63) is 40.3 Å². The van der Waals surface area contributed by atoms with Gasteiger partial charge < -0.3 is 10.2 Å². The molecule has 0 bridgehead atoms. The second-order valence-corrected chi connectivity index (χ2v) is 7.90. The number of carbonyl (C=O) groups is 1. The Labute approximate surface area is 165 Å². The predicted molar refractivity (Wildman–Crippen MR) is 108 cm³/mol. The molecule has 1 fully saturated rings. The predicted octanol–water partition coefficient (Wildman–Crippen LogP) is 3.39. The van der Waals surface area contributed by atoms with E-state index < -0.39 is 0 Å². The van der Waals surface area contributed by atoms with Crippen LogP contribution in [0.3, 0.4) is 0 Å². The first-order valence-corrected chi connectivity index (χ1v) is 10.0. The average Bonchev–Trinajstić information content (AvgIpc) is 2.97. The van der Waals surface area contributed by atoms with Crippen LogP contribution < -0.4 is 5.32 Å². The number of carbonyl (C=O) groups excluding carboxylic acids is 1. The maximum Gasteiger partial charge on any atom is 0.271 e. The third-order valence-corrected chi connectivity index (χ3v) is 5.26. The molecule has 1 aliphatic heterocycles. The summed E-state index contributed by atoms with van der Waals surface area (Å²) in [6.07, 6.45) is 3.52. The van der Waals surface area contributed by atoms with E-state index in [2.05, 4.69) is 27.2 Å². The summed E-state index contributed by atoms with van der Waals surface area (Å²) in [6, 6.07) is 5.44. The zero-order valence-electron chi connectivity index (χ0n) is 16.3. The van der Waals surface area contributed by atoms with Crippen LogP contribution in [0.5, 0.6) is 0 Å². The van der Waals surface area contributed by atoms with E-state index in [0.29, 0.717) is 17.4 Å². The molecule has 6 nitrogen and oxygen atoms in total. The lowest BCUT2D eigenvalue weighted by Crippen LogP contribution is -2.36. The number of halogens is 1. The molecule has 7 heteroatoms. The Bertz CT molecular complexity index is 804. The number of rotatable bonds is 6. The second kappa shape index (κ2) is 8.85. The van der Waals surface area contributed by atoms with Crippen LogP contribution in [-0.2, 0) is 0 Å². The van der Waals surface area contributed by atoms with E-state index in [1.165, 1.54) is 12.8 Å². The van der Waals surface area contributed by atoms with E-state index in [-0.39, 0.29) is 11.6 Å². The van der Waals surface area contributed by atoms with Gasteiger partial charge in [0.15, 0.2) is 5.82 Å². The molecular formula is C20H28ClN5O. The maximum absolute atomic E-state index is 12.5.